The van der Waals surface area contributed by atoms with E-state index >= 15 is 0 Å². The van der Waals surface area contributed by atoms with Crippen molar-refractivity contribution >= 4 is 28.7 Å². The van der Waals surface area contributed by atoms with E-state index in [2.05, 4.69) is 10.1 Å². The minimum Gasteiger partial charge on any atom is -0.462 e. The Morgan fingerprint density at radius 1 is 1.10 bits per heavy atom. The number of ether oxygens (including phenoxy) is 1. The van der Waals surface area contributed by atoms with Crippen molar-refractivity contribution in [1.82, 2.24) is 0 Å². The van der Waals surface area contributed by atoms with Crippen molar-refractivity contribution in [3.05, 3.63) is 80.5 Å². The minimum atomic E-state index is -0.723. The zero-order valence-corrected chi connectivity index (χ0v) is 15.3. The molecular weight excluding hydrogens is 382 g/mol. The van der Waals surface area contributed by atoms with Crippen LogP contribution >= 0.6 is 0 Å². The largest absolute Gasteiger partial charge is 0.462 e. The van der Waals surface area contributed by atoms with Crippen LogP contribution in [0.1, 0.15) is 6.92 Å². The smallest absolute Gasteiger partial charge is 0.350 e. The van der Waals surface area contributed by atoms with E-state index in [4.69, 9.17) is 11.0 Å². The van der Waals surface area contributed by atoms with Gasteiger partial charge in [0.1, 0.15) is 6.07 Å². The van der Waals surface area contributed by atoms with Crippen LogP contribution in [0.5, 0.6) is 0 Å². The molecule has 0 aliphatic heterocycles. The third-order valence-electron chi connectivity index (χ3n) is 3.18. The molecule has 0 heterocycles. The summed E-state index contributed by atoms with van der Waals surface area (Å²) in [5.41, 5.74) is 6.20. The first-order valence-corrected chi connectivity index (χ1v) is 8.06. The molecule has 2 aromatic carbocycles. The summed E-state index contributed by atoms with van der Waals surface area (Å²) >= 11 is 0. The van der Waals surface area contributed by atoms with E-state index in [0.717, 1.165) is 0 Å². The molecule has 11 heteroatoms. The Labute approximate surface area is 165 Å². The van der Waals surface area contributed by atoms with Crippen molar-refractivity contribution in [2.24, 2.45) is 0 Å². The maximum Gasteiger partial charge on any atom is 0.350 e. The summed E-state index contributed by atoms with van der Waals surface area (Å²) in [5.74, 6) is -0.723. The zero-order valence-electron chi connectivity index (χ0n) is 15.3. The van der Waals surface area contributed by atoms with Crippen LogP contribution in [0.15, 0.2) is 60.3 Å². The van der Waals surface area contributed by atoms with Crippen molar-refractivity contribution in [1.29, 1.82) is 5.26 Å². The van der Waals surface area contributed by atoms with Gasteiger partial charge in [0, 0.05) is 41.8 Å². The second-order valence-electron chi connectivity index (χ2n) is 5.19. The highest BCUT2D eigenvalue weighted by Gasteiger charge is 2.09. The number of nitriles is 1. The average molecular weight is 399 g/mol. The predicted octanol–water partition coefficient (Wildman–Crippen LogP) is 3.15. The Kier molecular flexibility index (Phi) is 8.79. The summed E-state index contributed by atoms with van der Waals surface area (Å²) in [6, 6.07) is 13.0. The van der Waals surface area contributed by atoms with Crippen LogP contribution in [0.3, 0.4) is 0 Å². The highest BCUT2D eigenvalue weighted by atomic mass is 16.6. The molecule has 0 atom stereocenters. The number of nitrogen functional groups attached to an aromatic ring is 1. The summed E-state index contributed by atoms with van der Waals surface area (Å²) < 4.78 is 4.67. The van der Waals surface area contributed by atoms with Gasteiger partial charge in [-0.05, 0) is 31.2 Å². The third kappa shape index (κ3) is 7.75. The lowest BCUT2D eigenvalue weighted by atomic mass is 10.2. The first kappa shape index (κ1) is 22.6. The van der Waals surface area contributed by atoms with Crippen molar-refractivity contribution < 1.29 is 19.4 Å². The molecule has 11 nitrogen and oxygen atoms in total. The summed E-state index contributed by atoms with van der Waals surface area (Å²) in [6.45, 7) is 1.81. The number of nitrogens with two attached hydrogens (primary N) is 1. The Bertz CT molecular complexity index is 933. The number of carbonyl (C=O) groups excluding carboxylic acids is 1. The summed E-state index contributed by atoms with van der Waals surface area (Å²) in [6.07, 6.45) is 1.19. The lowest BCUT2D eigenvalue weighted by molar-refractivity contribution is -0.385. The molecule has 2 rings (SSSR count). The molecule has 0 saturated carbocycles. The van der Waals surface area contributed by atoms with Gasteiger partial charge in [0.2, 0.25) is 0 Å². The molecule has 0 aliphatic rings. The van der Waals surface area contributed by atoms with Gasteiger partial charge in [-0.25, -0.2) is 4.79 Å². The van der Waals surface area contributed by atoms with Crippen LogP contribution in [-0.4, -0.2) is 22.4 Å². The van der Waals surface area contributed by atoms with E-state index in [1.807, 2.05) is 0 Å². The number of nitrogens with zero attached hydrogens (tertiary/aromatic N) is 3. The topological polar surface area (TPSA) is 174 Å². The maximum absolute atomic E-state index is 11.3. The van der Waals surface area contributed by atoms with Gasteiger partial charge in [-0.2, -0.15) is 5.26 Å². The molecule has 0 aromatic heterocycles. The van der Waals surface area contributed by atoms with E-state index in [-0.39, 0.29) is 23.6 Å². The van der Waals surface area contributed by atoms with Crippen molar-refractivity contribution in [3.8, 4) is 6.07 Å². The second-order valence-corrected chi connectivity index (χ2v) is 5.19. The third-order valence-corrected chi connectivity index (χ3v) is 3.18. The molecule has 150 valence electrons. The molecule has 2 aromatic rings. The van der Waals surface area contributed by atoms with Crippen LogP contribution in [0.2, 0.25) is 0 Å². The van der Waals surface area contributed by atoms with Crippen LogP contribution in [0.25, 0.3) is 0 Å². The molecule has 29 heavy (non-hydrogen) atoms. The van der Waals surface area contributed by atoms with E-state index in [1.54, 1.807) is 13.0 Å². The van der Waals surface area contributed by atoms with E-state index in [9.17, 15) is 25.0 Å². The van der Waals surface area contributed by atoms with E-state index in [0.29, 0.717) is 11.4 Å². The van der Waals surface area contributed by atoms with Crippen molar-refractivity contribution in [2.75, 3.05) is 17.7 Å². The Morgan fingerprint density at radius 2 is 1.59 bits per heavy atom. The zero-order chi connectivity index (χ0) is 21.8. The highest BCUT2D eigenvalue weighted by Crippen LogP contribution is 2.15. The van der Waals surface area contributed by atoms with Gasteiger partial charge >= 0.3 is 5.97 Å². The van der Waals surface area contributed by atoms with Gasteiger partial charge in [-0.3, -0.25) is 20.2 Å². The number of nitro benzene ring substituents is 2. The molecule has 0 amide bonds. The van der Waals surface area contributed by atoms with Gasteiger partial charge in [0.15, 0.2) is 5.57 Å². The first-order valence-electron chi connectivity index (χ1n) is 8.06. The van der Waals surface area contributed by atoms with Crippen molar-refractivity contribution in [3.63, 3.8) is 0 Å². The molecular formula is C18H17N5O6. The van der Waals surface area contributed by atoms with Crippen LogP contribution in [0.4, 0.5) is 22.7 Å². The number of non-ortho nitro benzene ring substituents is 2. The number of hydrogen-bond donors (Lipinski definition) is 2. The summed E-state index contributed by atoms with van der Waals surface area (Å²) in [4.78, 5) is 30.9. The van der Waals surface area contributed by atoms with Crippen molar-refractivity contribution in [2.45, 2.75) is 6.92 Å². The predicted molar refractivity (Wildman–Crippen MR) is 105 cm³/mol. The molecule has 0 spiro atoms. The SMILES string of the molecule is CCOC(=O)/C(C#N)=C\Nc1ccc([N+](=O)[O-])cc1.Nc1ccc([N+](=O)[O-])cc1. The molecule has 0 saturated heterocycles. The molecule has 3 N–H and O–H groups in total. The number of nitro groups is 2. The number of rotatable bonds is 6. The number of carbonyl (C=O) groups is 1. The molecule has 0 aliphatic carbocycles. The van der Waals surface area contributed by atoms with Gasteiger partial charge in [-0.15, -0.1) is 0 Å². The molecule has 0 bridgehead atoms. The van der Waals surface area contributed by atoms with Crippen LogP contribution in [0, 0.1) is 31.6 Å². The summed E-state index contributed by atoms with van der Waals surface area (Å²) in [5, 5.41) is 32.0. The molecule has 0 radical (unpaired) electrons. The molecule has 0 unspecified atom stereocenters. The van der Waals surface area contributed by atoms with E-state index < -0.39 is 15.8 Å². The number of anilines is 2. The lowest BCUT2D eigenvalue weighted by Crippen LogP contribution is -2.07. The Hall–Kier alpha value is -4.46. The first-order chi connectivity index (χ1) is 13.8. The van der Waals surface area contributed by atoms with E-state index in [1.165, 1.54) is 54.7 Å². The lowest BCUT2D eigenvalue weighted by Gasteiger charge is -2.02. The number of benzene rings is 2. The Morgan fingerprint density at radius 3 is 2.00 bits per heavy atom. The average Bonchev–Trinajstić information content (AvgIpc) is 2.70. The van der Waals surface area contributed by atoms with Gasteiger partial charge in [0.05, 0.1) is 16.5 Å². The monoisotopic (exact) mass is 399 g/mol. The minimum absolute atomic E-state index is 0.0413. The van der Waals surface area contributed by atoms with Gasteiger partial charge in [0.25, 0.3) is 11.4 Å². The normalized spacial score (nSPS) is 10.0. The molecule has 0 fully saturated rings. The van der Waals surface area contributed by atoms with Gasteiger partial charge in [-0.1, -0.05) is 0 Å². The number of nitrogens with one attached hydrogen (secondary N) is 1. The summed E-state index contributed by atoms with van der Waals surface area (Å²) in [7, 11) is 0. The number of hydrogen-bond acceptors (Lipinski definition) is 9. The van der Waals surface area contributed by atoms with Gasteiger partial charge < -0.3 is 15.8 Å². The second kappa shape index (κ2) is 11.3. The standard InChI is InChI=1S/C12H11N3O4.C6H6N2O2/c1-2-19-12(16)9(7-13)8-14-10-3-5-11(6-4-10)15(17)18;7-5-1-3-6(4-2-5)8(9)10/h3-6,8,14H,2H2,1H3;1-4H,7H2/b9-8-;. The fraction of sp³-hybridized carbons (Fsp3) is 0.111. The highest BCUT2D eigenvalue weighted by molar-refractivity contribution is 5.93. The van der Waals surface area contributed by atoms with Crippen LogP contribution in [-0.2, 0) is 9.53 Å². The fourth-order valence-corrected chi connectivity index (χ4v) is 1.78. The Balaban J connectivity index is 0.000000352. The quantitative estimate of drug-likeness (QED) is 0.184. The fourth-order valence-electron chi connectivity index (χ4n) is 1.78. The van der Waals surface area contributed by atoms with Crippen LogP contribution < -0.4 is 11.1 Å². The number of esters is 1. The maximum atomic E-state index is 11.3.